The first-order valence-corrected chi connectivity index (χ1v) is 10.2. The van der Waals surface area contributed by atoms with Gasteiger partial charge in [0.25, 0.3) is 11.6 Å². The molecule has 0 saturated carbocycles. The molecular formula is C23H18Cl2N4O3. The maximum Gasteiger partial charge on any atom is 0.288 e. The Morgan fingerprint density at radius 2 is 1.88 bits per heavy atom. The summed E-state index contributed by atoms with van der Waals surface area (Å²) in [5, 5.41) is 23.8. The molecule has 3 aromatic rings. The third kappa shape index (κ3) is 4.52. The fraction of sp³-hybridized carbons (Fsp3) is 0.130. The topological polar surface area (TPSA) is 101 Å². The number of nitrogens with one attached hydrogen (secondary N) is 1. The van der Waals surface area contributed by atoms with Crippen LogP contribution in [-0.4, -0.2) is 15.4 Å². The van der Waals surface area contributed by atoms with E-state index in [0.29, 0.717) is 27.5 Å². The summed E-state index contributed by atoms with van der Waals surface area (Å²) in [6.07, 6.45) is 1.50. The number of halogens is 2. The molecule has 0 fully saturated rings. The lowest BCUT2D eigenvalue weighted by molar-refractivity contribution is -0.384. The van der Waals surface area contributed by atoms with Gasteiger partial charge in [0.05, 0.1) is 4.92 Å². The predicted octanol–water partition coefficient (Wildman–Crippen LogP) is 6.16. The summed E-state index contributed by atoms with van der Waals surface area (Å²) in [7, 11) is 0. The van der Waals surface area contributed by atoms with Crippen LogP contribution in [0.2, 0.25) is 10.0 Å². The molecule has 0 atom stereocenters. The van der Waals surface area contributed by atoms with Crippen molar-refractivity contribution in [2.45, 2.75) is 20.8 Å². The van der Waals surface area contributed by atoms with Crippen LogP contribution in [0.4, 0.5) is 11.4 Å². The summed E-state index contributed by atoms with van der Waals surface area (Å²) in [6, 6.07) is 13.3. The van der Waals surface area contributed by atoms with Gasteiger partial charge in [0.15, 0.2) is 0 Å². The minimum absolute atomic E-state index is 0.0195. The molecule has 32 heavy (non-hydrogen) atoms. The van der Waals surface area contributed by atoms with Crippen molar-refractivity contribution in [2.24, 2.45) is 0 Å². The Morgan fingerprint density at radius 3 is 2.50 bits per heavy atom. The first kappa shape index (κ1) is 23.1. The SMILES string of the molecule is Cc1c(Cl)cccc1NC(=O)/C(C#N)=C\c1cc(C)n(-c2ccc([N+](=O)[O-])c(Cl)c2)c1C. The highest BCUT2D eigenvalue weighted by Gasteiger charge is 2.17. The number of nitro benzene ring substituents is 1. The summed E-state index contributed by atoms with van der Waals surface area (Å²) in [5.74, 6) is -0.555. The monoisotopic (exact) mass is 468 g/mol. The summed E-state index contributed by atoms with van der Waals surface area (Å²) in [6.45, 7) is 5.44. The molecule has 1 aromatic heterocycles. The van der Waals surface area contributed by atoms with Crippen LogP contribution >= 0.6 is 23.2 Å². The number of aryl methyl sites for hydroxylation is 1. The van der Waals surface area contributed by atoms with Crippen molar-refractivity contribution in [1.29, 1.82) is 5.26 Å². The molecule has 0 aliphatic rings. The summed E-state index contributed by atoms with van der Waals surface area (Å²) in [5.41, 5.74) is 3.81. The van der Waals surface area contributed by atoms with Crippen LogP contribution in [0.3, 0.4) is 0 Å². The van der Waals surface area contributed by atoms with Crippen LogP contribution in [0.5, 0.6) is 0 Å². The van der Waals surface area contributed by atoms with Crippen molar-refractivity contribution in [3.05, 3.63) is 90.7 Å². The number of benzene rings is 2. The number of hydrogen-bond donors (Lipinski definition) is 1. The van der Waals surface area contributed by atoms with E-state index in [2.05, 4.69) is 5.32 Å². The quantitative estimate of drug-likeness (QED) is 0.209. The summed E-state index contributed by atoms with van der Waals surface area (Å²) >= 11 is 12.2. The molecule has 1 amide bonds. The second kappa shape index (κ2) is 9.27. The predicted molar refractivity (Wildman–Crippen MR) is 125 cm³/mol. The van der Waals surface area contributed by atoms with Gasteiger partial charge in [0, 0.05) is 33.9 Å². The number of anilines is 1. The van der Waals surface area contributed by atoms with Crippen LogP contribution in [0.15, 0.2) is 48.0 Å². The van der Waals surface area contributed by atoms with E-state index in [1.807, 2.05) is 30.6 Å². The number of hydrogen-bond acceptors (Lipinski definition) is 4. The first-order valence-electron chi connectivity index (χ1n) is 9.45. The van der Waals surface area contributed by atoms with Crippen molar-refractivity contribution in [1.82, 2.24) is 4.57 Å². The summed E-state index contributed by atoms with van der Waals surface area (Å²) < 4.78 is 1.84. The molecule has 0 spiro atoms. The number of carbonyl (C=O) groups excluding carboxylic acids is 1. The zero-order valence-electron chi connectivity index (χ0n) is 17.4. The van der Waals surface area contributed by atoms with Crippen LogP contribution in [0.25, 0.3) is 11.8 Å². The highest BCUT2D eigenvalue weighted by molar-refractivity contribution is 6.33. The number of aromatic nitrogens is 1. The lowest BCUT2D eigenvalue weighted by Gasteiger charge is -2.10. The first-order chi connectivity index (χ1) is 15.1. The third-order valence-corrected chi connectivity index (χ3v) is 5.75. The molecule has 0 bridgehead atoms. The molecule has 1 heterocycles. The molecule has 0 aliphatic heterocycles. The van der Waals surface area contributed by atoms with Crippen molar-refractivity contribution in [2.75, 3.05) is 5.32 Å². The minimum atomic E-state index is -0.555. The minimum Gasteiger partial charge on any atom is -0.321 e. The third-order valence-electron chi connectivity index (χ3n) is 5.04. The number of amides is 1. The van der Waals surface area contributed by atoms with Crippen molar-refractivity contribution in [3.63, 3.8) is 0 Å². The normalized spacial score (nSPS) is 11.2. The van der Waals surface area contributed by atoms with E-state index in [1.54, 1.807) is 31.2 Å². The number of rotatable bonds is 5. The highest BCUT2D eigenvalue weighted by atomic mass is 35.5. The van der Waals surface area contributed by atoms with Gasteiger partial charge in [0.2, 0.25) is 0 Å². The van der Waals surface area contributed by atoms with Gasteiger partial charge >= 0.3 is 0 Å². The lowest BCUT2D eigenvalue weighted by atomic mass is 10.1. The van der Waals surface area contributed by atoms with Crippen molar-refractivity contribution in [3.8, 4) is 11.8 Å². The van der Waals surface area contributed by atoms with Crippen LogP contribution in [0.1, 0.15) is 22.5 Å². The average molecular weight is 469 g/mol. The zero-order valence-corrected chi connectivity index (χ0v) is 19.0. The average Bonchev–Trinajstić information content (AvgIpc) is 3.02. The molecule has 0 unspecified atom stereocenters. The molecule has 162 valence electrons. The standard InChI is InChI=1S/C23H18Cl2N4O3/c1-13-9-16(15(3)28(13)18-7-8-22(29(31)32)20(25)11-18)10-17(12-26)23(30)27-21-6-4-5-19(24)14(21)2/h4-11H,1-3H3,(H,27,30)/b17-10-. The lowest BCUT2D eigenvalue weighted by Crippen LogP contribution is -2.14. The largest absolute Gasteiger partial charge is 0.321 e. The van der Waals surface area contributed by atoms with Crippen LogP contribution < -0.4 is 5.32 Å². The molecule has 1 N–H and O–H groups in total. The van der Waals surface area contributed by atoms with Gasteiger partial charge in [0.1, 0.15) is 16.7 Å². The van der Waals surface area contributed by atoms with Crippen molar-refractivity contribution < 1.29 is 9.72 Å². The molecule has 2 aromatic carbocycles. The Hall–Kier alpha value is -3.60. The number of nitro groups is 1. The molecule has 3 rings (SSSR count). The van der Waals surface area contributed by atoms with Crippen LogP contribution in [-0.2, 0) is 4.79 Å². The van der Waals surface area contributed by atoms with E-state index >= 15 is 0 Å². The molecule has 7 nitrogen and oxygen atoms in total. The zero-order chi connectivity index (χ0) is 23.6. The van der Waals surface area contributed by atoms with Gasteiger partial charge in [-0.05, 0) is 68.3 Å². The number of carbonyl (C=O) groups is 1. The Kier molecular flexibility index (Phi) is 6.68. The number of nitrogens with zero attached hydrogens (tertiary/aromatic N) is 3. The van der Waals surface area contributed by atoms with E-state index in [-0.39, 0.29) is 16.3 Å². The second-order valence-corrected chi connectivity index (χ2v) is 7.91. The Balaban J connectivity index is 1.97. The highest BCUT2D eigenvalue weighted by Crippen LogP contribution is 2.30. The summed E-state index contributed by atoms with van der Waals surface area (Å²) in [4.78, 5) is 23.2. The van der Waals surface area contributed by atoms with Crippen molar-refractivity contribution >= 4 is 46.6 Å². The Morgan fingerprint density at radius 1 is 1.16 bits per heavy atom. The van der Waals surface area contributed by atoms with Gasteiger partial charge in [-0.15, -0.1) is 0 Å². The Labute approximate surface area is 194 Å². The van der Waals surface area contributed by atoms with Gasteiger partial charge in [-0.3, -0.25) is 14.9 Å². The van der Waals surface area contributed by atoms with E-state index in [0.717, 1.165) is 11.4 Å². The fourth-order valence-electron chi connectivity index (χ4n) is 3.35. The second-order valence-electron chi connectivity index (χ2n) is 7.09. The fourth-order valence-corrected chi connectivity index (χ4v) is 3.77. The van der Waals surface area contributed by atoms with E-state index in [1.165, 1.54) is 18.2 Å². The van der Waals surface area contributed by atoms with Gasteiger partial charge in [-0.25, -0.2) is 0 Å². The number of nitriles is 1. The molecule has 9 heteroatoms. The molecule has 0 saturated heterocycles. The molecular weight excluding hydrogens is 451 g/mol. The van der Waals surface area contributed by atoms with E-state index in [4.69, 9.17) is 23.2 Å². The van der Waals surface area contributed by atoms with E-state index < -0.39 is 10.8 Å². The van der Waals surface area contributed by atoms with E-state index in [9.17, 15) is 20.2 Å². The smallest absolute Gasteiger partial charge is 0.288 e. The maximum absolute atomic E-state index is 12.7. The van der Waals surface area contributed by atoms with Crippen LogP contribution in [0, 0.1) is 42.2 Å². The molecule has 0 radical (unpaired) electrons. The van der Waals surface area contributed by atoms with Gasteiger partial charge in [-0.1, -0.05) is 29.3 Å². The van der Waals surface area contributed by atoms with Gasteiger partial charge < -0.3 is 9.88 Å². The Bertz CT molecular complexity index is 1320. The molecule has 0 aliphatic carbocycles. The van der Waals surface area contributed by atoms with Gasteiger partial charge in [-0.2, -0.15) is 5.26 Å². The maximum atomic E-state index is 12.7.